The molecule has 0 aromatic heterocycles. The quantitative estimate of drug-likeness (QED) is 0.673. The molecule has 3 rings (SSSR count). The van der Waals surface area contributed by atoms with Crippen LogP contribution in [-0.4, -0.2) is 13.2 Å². The first-order chi connectivity index (χ1) is 11.2. The minimum atomic E-state index is -0.961. The summed E-state index contributed by atoms with van der Waals surface area (Å²) in [7, 11) is 0. The molecule has 4 heteroatoms. The van der Waals surface area contributed by atoms with Gasteiger partial charge < -0.3 is 9.47 Å². The Balaban J connectivity index is 1.47. The zero-order chi connectivity index (χ0) is 16.2. The van der Waals surface area contributed by atoms with Gasteiger partial charge >= 0.3 is 0 Å². The van der Waals surface area contributed by atoms with E-state index < -0.39 is 11.6 Å². The maximum absolute atomic E-state index is 14.0. The van der Waals surface area contributed by atoms with Crippen molar-refractivity contribution in [3.05, 3.63) is 23.8 Å². The minimum absolute atomic E-state index is 0.00828. The molecule has 0 saturated heterocycles. The lowest BCUT2D eigenvalue weighted by Gasteiger charge is -2.28. The van der Waals surface area contributed by atoms with E-state index in [0.29, 0.717) is 19.1 Å². The van der Waals surface area contributed by atoms with Crippen LogP contribution in [0.1, 0.15) is 51.9 Å². The summed E-state index contributed by atoms with van der Waals surface area (Å²) >= 11 is 0. The summed E-state index contributed by atoms with van der Waals surface area (Å²) < 4.78 is 38.4. The molecule has 0 spiro atoms. The summed E-state index contributed by atoms with van der Waals surface area (Å²) in [6.45, 7) is 2.52. The fourth-order valence-corrected chi connectivity index (χ4v) is 3.56. The second-order valence-corrected chi connectivity index (χ2v) is 7.00. The lowest BCUT2D eigenvalue weighted by Crippen LogP contribution is -2.20. The van der Waals surface area contributed by atoms with Gasteiger partial charge in [-0.3, -0.25) is 0 Å². The third-order valence-corrected chi connectivity index (χ3v) is 5.12. The molecule has 0 atom stereocenters. The van der Waals surface area contributed by atoms with Crippen molar-refractivity contribution >= 4 is 0 Å². The number of hydrogen-bond acceptors (Lipinski definition) is 2. The Labute approximate surface area is 137 Å². The van der Waals surface area contributed by atoms with E-state index in [1.807, 2.05) is 0 Å². The number of ether oxygens (including phenoxy) is 2. The molecule has 2 nitrogen and oxygen atoms in total. The van der Waals surface area contributed by atoms with Crippen LogP contribution in [-0.2, 0) is 0 Å². The number of halogens is 2. The molecule has 0 radical (unpaired) electrons. The van der Waals surface area contributed by atoms with E-state index in [0.717, 1.165) is 24.7 Å². The van der Waals surface area contributed by atoms with Gasteiger partial charge in [0.1, 0.15) is 0 Å². The van der Waals surface area contributed by atoms with Gasteiger partial charge in [0.15, 0.2) is 11.5 Å². The highest BCUT2D eigenvalue weighted by Gasteiger charge is 2.29. The zero-order valence-electron chi connectivity index (χ0n) is 13.8. The van der Waals surface area contributed by atoms with Crippen LogP contribution in [0, 0.1) is 29.4 Å². The summed E-state index contributed by atoms with van der Waals surface area (Å²) in [5.41, 5.74) is 0. The third-order valence-electron chi connectivity index (χ3n) is 5.12. The maximum Gasteiger partial charge on any atom is 0.204 e. The first-order valence-corrected chi connectivity index (χ1v) is 8.91. The van der Waals surface area contributed by atoms with Crippen molar-refractivity contribution in [2.45, 2.75) is 51.9 Å². The molecule has 2 aliphatic carbocycles. The molecule has 128 valence electrons. The van der Waals surface area contributed by atoms with Gasteiger partial charge in [0.25, 0.3) is 0 Å². The van der Waals surface area contributed by atoms with Gasteiger partial charge in [-0.05, 0) is 56.1 Å². The van der Waals surface area contributed by atoms with Crippen molar-refractivity contribution in [2.75, 3.05) is 13.2 Å². The Morgan fingerprint density at radius 2 is 1.30 bits per heavy atom. The SMILES string of the molecule is CCOc1ccc(OCC2CCC(CC3CC3)CC2)c(F)c1F. The van der Waals surface area contributed by atoms with Gasteiger partial charge in [0.2, 0.25) is 11.6 Å². The van der Waals surface area contributed by atoms with Crippen molar-refractivity contribution in [3.8, 4) is 11.5 Å². The summed E-state index contributed by atoms with van der Waals surface area (Å²) in [5.74, 6) is 0.353. The highest BCUT2D eigenvalue weighted by molar-refractivity contribution is 5.35. The Morgan fingerprint density at radius 1 is 0.826 bits per heavy atom. The molecule has 1 aromatic rings. The number of rotatable bonds is 7. The van der Waals surface area contributed by atoms with Crippen molar-refractivity contribution in [1.29, 1.82) is 0 Å². The Bertz CT molecular complexity index is 520. The molecular weight excluding hydrogens is 298 g/mol. The molecule has 0 amide bonds. The van der Waals surface area contributed by atoms with Crippen LogP contribution in [0.15, 0.2) is 12.1 Å². The molecule has 0 aliphatic heterocycles. The van der Waals surface area contributed by atoms with Crippen molar-refractivity contribution in [3.63, 3.8) is 0 Å². The highest BCUT2D eigenvalue weighted by atomic mass is 19.2. The van der Waals surface area contributed by atoms with Crippen LogP contribution >= 0.6 is 0 Å². The van der Waals surface area contributed by atoms with E-state index >= 15 is 0 Å². The van der Waals surface area contributed by atoms with E-state index in [1.54, 1.807) is 6.92 Å². The van der Waals surface area contributed by atoms with E-state index in [4.69, 9.17) is 9.47 Å². The standard InChI is InChI=1S/C19H26F2O2/c1-2-22-16-9-10-17(19(21)18(16)20)23-12-15-7-5-14(6-8-15)11-13-3-4-13/h9-10,13-15H,2-8,11-12H2,1H3. The molecule has 1 aromatic carbocycles. The molecule has 0 heterocycles. The van der Waals surface area contributed by atoms with Gasteiger partial charge in [0.05, 0.1) is 13.2 Å². The van der Waals surface area contributed by atoms with Crippen LogP contribution in [0.5, 0.6) is 11.5 Å². The van der Waals surface area contributed by atoms with Gasteiger partial charge in [-0.2, -0.15) is 8.78 Å². The Hall–Kier alpha value is -1.32. The monoisotopic (exact) mass is 324 g/mol. The highest BCUT2D eigenvalue weighted by Crippen LogP contribution is 2.41. The summed E-state index contributed by atoms with van der Waals surface area (Å²) in [6, 6.07) is 2.89. The van der Waals surface area contributed by atoms with Crippen molar-refractivity contribution < 1.29 is 18.3 Å². The summed E-state index contributed by atoms with van der Waals surface area (Å²) in [6.07, 6.45) is 9.02. The van der Waals surface area contributed by atoms with E-state index in [2.05, 4.69) is 0 Å². The van der Waals surface area contributed by atoms with Crippen molar-refractivity contribution in [2.24, 2.45) is 17.8 Å². The van der Waals surface area contributed by atoms with Crippen LogP contribution in [0.4, 0.5) is 8.78 Å². The zero-order valence-corrected chi connectivity index (χ0v) is 13.8. The molecule has 2 aliphatic rings. The topological polar surface area (TPSA) is 18.5 Å². The van der Waals surface area contributed by atoms with Crippen LogP contribution in [0.3, 0.4) is 0 Å². The lowest BCUT2D eigenvalue weighted by atomic mass is 9.80. The Kier molecular flexibility index (Phi) is 5.39. The molecule has 23 heavy (non-hydrogen) atoms. The smallest absolute Gasteiger partial charge is 0.204 e. The first kappa shape index (κ1) is 16.5. The predicted octanol–water partition coefficient (Wildman–Crippen LogP) is 5.35. The molecule has 2 saturated carbocycles. The van der Waals surface area contributed by atoms with Crippen LogP contribution in [0.25, 0.3) is 0 Å². The fourth-order valence-electron chi connectivity index (χ4n) is 3.56. The average molecular weight is 324 g/mol. The molecule has 0 bridgehead atoms. The van der Waals surface area contributed by atoms with Crippen LogP contribution < -0.4 is 9.47 Å². The summed E-state index contributed by atoms with van der Waals surface area (Å²) in [5, 5.41) is 0. The lowest BCUT2D eigenvalue weighted by molar-refractivity contribution is 0.171. The summed E-state index contributed by atoms with van der Waals surface area (Å²) in [4.78, 5) is 0. The van der Waals surface area contributed by atoms with E-state index in [-0.39, 0.29) is 11.5 Å². The van der Waals surface area contributed by atoms with Gasteiger partial charge in [0, 0.05) is 0 Å². The molecule has 0 N–H and O–H groups in total. The molecule has 2 fully saturated rings. The normalized spacial score (nSPS) is 24.5. The van der Waals surface area contributed by atoms with Gasteiger partial charge in [-0.25, -0.2) is 0 Å². The van der Waals surface area contributed by atoms with E-state index in [1.165, 1.54) is 44.2 Å². The predicted molar refractivity (Wildman–Crippen MR) is 85.8 cm³/mol. The second-order valence-electron chi connectivity index (χ2n) is 7.00. The largest absolute Gasteiger partial charge is 0.491 e. The molecular formula is C19H26F2O2. The average Bonchev–Trinajstić information content (AvgIpc) is 3.37. The third kappa shape index (κ3) is 4.36. The van der Waals surface area contributed by atoms with Gasteiger partial charge in [-0.1, -0.05) is 25.7 Å². The first-order valence-electron chi connectivity index (χ1n) is 8.91. The van der Waals surface area contributed by atoms with Crippen LogP contribution in [0.2, 0.25) is 0 Å². The van der Waals surface area contributed by atoms with Crippen molar-refractivity contribution in [1.82, 2.24) is 0 Å². The van der Waals surface area contributed by atoms with Gasteiger partial charge in [-0.15, -0.1) is 0 Å². The second kappa shape index (κ2) is 7.50. The molecule has 0 unspecified atom stereocenters. The Morgan fingerprint density at radius 3 is 1.83 bits per heavy atom. The number of hydrogen-bond donors (Lipinski definition) is 0. The fraction of sp³-hybridized carbons (Fsp3) is 0.684. The minimum Gasteiger partial charge on any atom is -0.491 e. The van der Waals surface area contributed by atoms with E-state index in [9.17, 15) is 8.78 Å². The maximum atomic E-state index is 14.0. The number of benzene rings is 1.